The lowest BCUT2D eigenvalue weighted by molar-refractivity contribution is 0.441. The highest BCUT2D eigenvalue weighted by molar-refractivity contribution is 7.89. The Bertz CT molecular complexity index is 1200. The minimum Gasteiger partial charge on any atom is -0.332 e. The van der Waals surface area contributed by atoms with E-state index in [1.807, 2.05) is 12.1 Å². The predicted molar refractivity (Wildman–Crippen MR) is 113 cm³/mol. The summed E-state index contributed by atoms with van der Waals surface area (Å²) >= 11 is 0. The molecule has 5 nitrogen and oxygen atoms in total. The zero-order valence-electron chi connectivity index (χ0n) is 16.6. The van der Waals surface area contributed by atoms with Gasteiger partial charge < -0.3 is 4.57 Å². The van der Waals surface area contributed by atoms with Crippen LogP contribution in [0.25, 0.3) is 16.6 Å². The van der Waals surface area contributed by atoms with Crippen LogP contribution >= 0.6 is 0 Å². The second-order valence-electron chi connectivity index (χ2n) is 7.36. The molecule has 1 aliphatic heterocycles. The van der Waals surface area contributed by atoms with E-state index in [1.54, 1.807) is 13.1 Å². The molecule has 152 valence electrons. The number of rotatable bonds is 5. The van der Waals surface area contributed by atoms with Crippen LogP contribution < -0.4 is 0 Å². The fraction of sp³-hybridized carbons (Fsp3) is 0.318. The summed E-state index contributed by atoms with van der Waals surface area (Å²) in [6.45, 7) is 5.29. The number of sulfonamides is 1. The summed E-state index contributed by atoms with van der Waals surface area (Å²) in [7, 11) is -3.65. The monoisotopic (exact) mass is 413 g/mol. The van der Waals surface area contributed by atoms with Crippen LogP contribution in [-0.4, -0.2) is 35.4 Å². The van der Waals surface area contributed by atoms with Gasteiger partial charge in [0.05, 0.1) is 4.90 Å². The number of halogens is 1. The van der Waals surface area contributed by atoms with Crippen LogP contribution in [0.2, 0.25) is 0 Å². The largest absolute Gasteiger partial charge is 0.332 e. The molecule has 0 bridgehead atoms. The van der Waals surface area contributed by atoms with E-state index in [0.29, 0.717) is 25.1 Å². The van der Waals surface area contributed by atoms with Crippen LogP contribution in [0.4, 0.5) is 4.39 Å². The third-order valence-corrected chi connectivity index (χ3v) is 7.24. The molecule has 29 heavy (non-hydrogen) atoms. The van der Waals surface area contributed by atoms with Crippen molar-refractivity contribution in [1.82, 2.24) is 13.9 Å². The fourth-order valence-electron chi connectivity index (χ4n) is 3.83. The smallest absolute Gasteiger partial charge is 0.243 e. The van der Waals surface area contributed by atoms with Crippen molar-refractivity contribution in [3.8, 4) is 0 Å². The van der Waals surface area contributed by atoms with Gasteiger partial charge in [-0.05, 0) is 61.2 Å². The van der Waals surface area contributed by atoms with Crippen molar-refractivity contribution < 1.29 is 12.8 Å². The Balaban J connectivity index is 1.63. The molecule has 4 rings (SSSR count). The van der Waals surface area contributed by atoms with Gasteiger partial charge in [-0.1, -0.05) is 13.0 Å². The molecule has 3 aromatic rings. The zero-order chi connectivity index (χ0) is 20.6. The minimum absolute atomic E-state index is 0.136. The molecule has 0 saturated carbocycles. The number of nitrogens with zero attached hydrogens (tertiary/aromatic N) is 3. The van der Waals surface area contributed by atoms with Crippen molar-refractivity contribution in [3.05, 3.63) is 65.7 Å². The lowest BCUT2D eigenvalue weighted by Crippen LogP contribution is -2.34. The second-order valence-corrected chi connectivity index (χ2v) is 9.30. The normalized spacial score (nSPS) is 15.6. The molecule has 0 amide bonds. The first-order chi connectivity index (χ1) is 13.9. The topological polar surface area (TPSA) is 55.2 Å². The molecule has 0 unspecified atom stereocenters. The number of aryl methyl sites for hydroxylation is 2. The number of hydrogen-bond acceptors (Lipinski definition) is 3. The van der Waals surface area contributed by atoms with Gasteiger partial charge in [0.25, 0.3) is 0 Å². The molecule has 0 atom stereocenters. The third kappa shape index (κ3) is 3.60. The van der Waals surface area contributed by atoms with E-state index < -0.39 is 15.8 Å². The lowest BCUT2D eigenvalue weighted by atomic mass is 10.0. The number of hydrogen-bond donors (Lipinski definition) is 0. The standard InChI is InChI=1S/C22H24FN3O2S/c1-3-11-25-15-20(19-5-4-10-24-22(19)25)17-8-12-26(13-9-17)29(27,28)18-6-7-21(23)16(2)14-18/h4-8,10,14-15H,3,9,11-13H2,1-2H3. The molecule has 0 spiro atoms. The van der Waals surface area contributed by atoms with E-state index in [1.165, 1.54) is 22.5 Å². The van der Waals surface area contributed by atoms with E-state index in [4.69, 9.17) is 0 Å². The first-order valence-corrected chi connectivity index (χ1v) is 11.3. The van der Waals surface area contributed by atoms with Gasteiger partial charge in [0, 0.05) is 43.0 Å². The molecule has 1 aromatic carbocycles. The number of aromatic nitrogens is 2. The number of pyridine rings is 1. The van der Waals surface area contributed by atoms with Crippen molar-refractivity contribution in [3.63, 3.8) is 0 Å². The van der Waals surface area contributed by atoms with Gasteiger partial charge >= 0.3 is 0 Å². The summed E-state index contributed by atoms with van der Waals surface area (Å²) in [5, 5.41) is 1.10. The minimum atomic E-state index is -3.65. The Labute approximate surface area is 170 Å². The van der Waals surface area contributed by atoms with E-state index in [2.05, 4.69) is 28.7 Å². The van der Waals surface area contributed by atoms with Gasteiger partial charge in [0.2, 0.25) is 10.0 Å². The molecule has 2 aromatic heterocycles. The predicted octanol–water partition coefficient (Wildman–Crippen LogP) is 4.37. The zero-order valence-corrected chi connectivity index (χ0v) is 17.4. The van der Waals surface area contributed by atoms with E-state index >= 15 is 0 Å². The number of fused-ring (bicyclic) bond motifs is 1. The highest BCUT2D eigenvalue weighted by Gasteiger charge is 2.27. The summed E-state index contributed by atoms with van der Waals surface area (Å²) in [6, 6.07) is 7.94. The average Bonchev–Trinajstić information content (AvgIpc) is 3.09. The van der Waals surface area contributed by atoms with E-state index in [-0.39, 0.29) is 4.90 Å². The maximum atomic E-state index is 13.5. The first kappa shape index (κ1) is 19.8. The molecule has 0 fully saturated rings. The maximum Gasteiger partial charge on any atom is 0.243 e. The quantitative estimate of drug-likeness (QED) is 0.624. The summed E-state index contributed by atoms with van der Waals surface area (Å²) in [4.78, 5) is 4.66. The van der Waals surface area contributed by atoms with Crippen molar-refractivity contribution >= 4 is 26.6 Å². The third-order valence-electron chi connectivity index (χ3n) is 5.38. The molecular formula is C22H24FN3O2S. The molecule has 0 aliphatic carbocycles. The van der Waals surface area contributed by atoms with Gasteiger partial charge in [-0.15, -0.1) is 0 Å². The van der Waals surface area contributed by atoms with Crippen LogP contribution in [0.3, 0.4) is 0 Å². The Kier molecular flexibility index (Phi) is 5.27. The lowest BCUT2D eigenvalue weighted by Gasteiger charge is -2.26. The maximum absolute atomic E-state index is 13.5. The second kappa shape index (κ2) is 7.72. The molecular weight excluding hydrogens is 389 g/mol. The van der Waals surface area contributed by atoms with Gasteiger partial charge in [-0.25, -0.2) is 17.8 Å². The van der Waals surface area contributed by atoms with Gasteiger partial charge in [-0.3, -0.25) is 0 Å². The Morgan fingerprint density at radius 1 is 1.24 bits per heavy atom. The van der Waals surface area contributed by atoms with Crippen LogP contribution in [0, 0.1) is 12.7 Å². The van der Waals surface area contributed by atoms with E-state index in [0.717, 1.165) is 35.1 Å². The summed E-state index contributed by atoms with van der Waals surface area (Å²) in [5.41, 5.74) is 3.55. The molecule has 0 N–H and O–H groups in total. The summed E-state index contributed by atoms with van der Waals surface area (Å²) < 4.78 is 43.1. The molecule has 0 radical (unpaired) electrons. The fourth-order valence-corrected chi connectivity index (χ4v) is 5.30. The van der Waals surface area contributed by atoms with Crippen LogP contribution in [0.5, 0.6) is 0 Å². The van der Waals surface area contributed by atoms with Crippen LogP contribution in [0.15, 0.2) is 53.7 Å². The van der Waals surface area contributed by atoms with Crippen LogP contribution in [0.1, 0.15) is 30.9 Å². The Hall–Kier alpha value is -2.51. The van der Waals surface area contributed by atoms with Crippen molar-refractivity contribution in [2.24, 2.45) is 0 Å². The highest BCUT2D eigenvalue weighted by atomic mass is 32.2. The van der Waals surface area contributed by atoms with Gasteiger partial charge in [-0.2, -0.15) is 4.31 Å². The molecule has 0 saturated heterocycles. The Morgan fingerprint density at radius 2 is 2.07 bits per heavy atom. The summed E-state index contributed by atoms with van der Waals surface area (Å²) in [5.74, 6) is -0.401. The first-order valence-electron chi connectivity index (χ1n) is 9.81. The average molecular weight is 414 g/mol. The SMILES string of the molecule is CCCn1cc(C2=CCN(S(=O)(=O)c3ccc(F)c(C)c3)CC2)c2cccnc21. The van der Waals surface area contributed by atoms with Crippen LogP contribution in [-0.2, 0) is 16.6 Å². The van der Waals surface area contributed by atoms with Crippen molar-refractivity contribution in [2.45, 2.75) is 38.1 Å². The highest BCUT2D eigenvalue weighted by Crippen LogP contribution is 2.32. The van der Waals surface area contributed by atoms with E-state index in [9.17, 15) is 12.8 Å². The van der Waals surface area contributed by atoms with Gasteiger partial charge in [0.1, 0.15) is 11.5 Å². The summed E-state index contributed by atoms with van der Waals surface area (Å²) in [6.07, 6.45) is 7.55. The molecule has 1 aliphatic rings. The number of benzene rings is 1. The van der Waals surface area contributed by atoms with Gasteiger partial charge in [0.15, 0.2) is 0 Å². The Morgan fingerprint density at radius 3 is 2.76 bits per heavy atom. The molecule has 7 heteroatoms. The molecule has 3 heterocycles. The van der Waals surface area contributed by atoms with Crippen molar-refractivity contribution in [1.29, 1.82) is 0 Å². The van der Waals surface area contributed by atoms with Crippen molar-refractivity contribution in [2.75, 3.05) is 13.1 Å².